The van der Waals surface area contributed by atoms with Crippen LogP contribution >= 0.6 is 0 Å². The summed E-state index contributed by atoms with van der Waals surface area (Å²) < 4.78 is 8.95. The fourth-order valence-electron chi connectivity index (χ4n) is 10.4. The molecule has 0 saturated heterocycles. The smallest absolute Gasteiger partial charge is 0.216 e. The van der Waals surface area contributed by atoms with Gasteiger partial charge in [0.1, 0.15) is 0 Å². The van der Waals surface area contributed by atoms with Gasteiger partial charge in [-0.1, -0.05) is 126 Å². The van der Waals surface area contributed by atoms with Crippen LogP contribution in [-0.2, 0) is 31.9 Å². The Morgan fingerprint density at radius 2 is 1.45 bits per heavy atom. The normalized spacial score (nSPS) is 13.3. The van der Waals surface area contributed by atoms with Crippen LogP contribution in [-0.4, -0.2) is 32.6 Å². The molecule has 8 heteroatoms. The van der Waals surface area contributed by atoms with Crippen molar-refractivity contribution in [2.24, 2.45) is 5.92 Å². The van der Waals surface area contributed by atoms with Gasteiger partial charge in [-0.3, -0.25) is 9.97 Å². The number of pyridine rings is 3. The summed E-state index contributed by atoms with van der Waals surface area (Å²) in [7, 11) is -1.35. The number of aromatic nitrogens is 5. The fourth-order valence-corrected chi connectivity index (χ4v) is 11.9. The van der Waals surface area contributed by atoms with Crippen molar-refractivity contribution in [2.45, 2.75) is 106 Å². The summed E-state index contributed by atoms with van der Waals surface area (Å²) in [5.41, 5.74) is 17.6. The van der Waals surface area contributed by atoms with Crippen LogP contribution in [0, 0.1) is 45.7 Å². The van der Waals surface area contributed by atoms with Gasteiger partial charge in [0.05, 0.1) is 41.7 Å². The summed E-state index contributed by atoms with van der Waals surface area (Å²) >= 11 is 0. The van der Waals surface area contributed by atoms with E-state index >= 15 is 0 Å². The molecule has 1 aliphatic rings. The van der Waals surface area contributed by atoms with Gasteiger partial charge >= 0.3 is 0 Å². The van der Waals surface area contributed by atoms with E-state index in [1.165, 1.54) is 48.8 Å². The van der Waals surface area contributed by atoms with Crippen LogP contribution in [0.3, 0.4) is 0 Å². The zero-order valence-electron chi connectivity index (χ0n) is 41.6. The number of nitrogens with zero attached hydrogens (tertiary/aromatic N) is 5. The van der Waals surface area contributed by atoms with Gasteiger partial charge in [0.25, 0.3) is 0 Å². The maximum atomic E-state index is 6.71. The minimum absolute atomic E-state index is 0. The molecule has 1 radical (unpaired) electrons. The quantitative estimate of drug-likeness (QED) is 0.117. The first-order valence-electron chi connectivity index (χ1n) is 24.3. The van der Waals surface area contributed by atoms with Gasteiger partial charge in [0.2, 0.25) is 5.71 Å². The molecule has 1 aliphatic carbocycles. The second-order valence-corrected chi connectivity index (χ2v) is 26.1. The SMILES string of the molecule is C[Si](C)(C)c1cnc(-c2[c-]cccc2)cc1CC1CCCC1.Cc1ccc2c(ccc3nc(-c4[c-]cc(C)c5c4oc4nc(-c6c(C)cccc6C)ccc45)n(-c4ccc(C(C)(C)C)cc4)c32)n1.[Ir]. The number of fused-ring (bicyclic) bond motifs is 6. The average Bonchev–Trinajstić information content (AvgIpc) is 4.07. The molecule has 11 rings (SSSR count). The van der Waals surface area contributed by atoms with Gasteiger partial charge in [0.15, 0.2) is 0 Å². The molecular formula is C61H61IrN5OSi-2. The minimum atomic E-state index is -1.35. The molecule has 0 amide bonds. The summed E-state index contributed by atoms with van der Waals surface area (Å²) in [5.74, 6) is 1.65. The molecule has 0 spiro atoms. The van der Waals surface area contributed by atoms with E-state index in [-0.39, 0.29) is 25.5 Å². The number of benzene rings is 5. The van der Waals surface area contributed by atoms with E-state index in [0.717, 1.165) is 95.1 Å². The number of hydrogen-bond donors (Lipinski definition) is 0. The van der Waals surface area contributed by atoms with E-state index in [0.29, 0.717) is 5.71 Å². The van der Waals surface area contributed by atoms with Crippen LogP contribution in [0.2, 0.25) is 19.6 Å². The van der Waals surface area contributed by atoms with Crippen molar-refractivity contribution in [3.63, 3.8) is 0 Å². The van der Waals surface area contributed by atoms with Crippen LogP contribution in [0.15, 0.2) is 126 Å². The summed E-state index contributed by atoms with van der Waals surface area (Å²) in [6, 6.07) is 47.2. The molecule has 5 aromatic carbocycles. The predicted octanol–water partition coefficient (Wildman–Crippen LogP) is 15.4. The monoisotopic (exact) mass is 1100 g/mol. The van der Waals surface area contributed by atoms with Crippen molar-refractivity contribution in [2.75, 3.05) is 0 Å². The van der Waals surface area contributed by atoms with Crippen LogP contribution < -0.4 is 5.19 Å². The van der Waals surface area contributed by atoms with Crippen LogP contribution in [0.4, 0.5) is 0 Å². The molecule has 0 bridgehead atoms. The first kappa shape index (κ1) is 48.0. The molecule has 351 valence electrons. The van der Waals surface area contributed by atoms with E-state index in [2.05, 4.69) is 181 Å². The summed E-state index contributed by atoms with van der Waals surface area (Å²) in [6.07, 6.45) is 9.03. The number of hydrogen-bond acceptors (Lipinski definition) is 5. The molecule has 69 heavy (non-hydrogen) atoms. The molecule has 6 nitrogen and oxygen atoms in total. The van der Waals surface area contributed by atoms with Gasteiger partial charge in [-0.15, -0.1) is 53.6 Å². The van der Waals surface area contributed by atoms with Gasteiger partial charge in [0, 0.05) is 54.0 Å². The van der Waals surface area contributed by atoms with Gasteiger partial charge < -0.3 is 14.0 Å². The van der Waals surface area contributed by atoms with Crippen LogP contribution in [0.1, 0.15) is 80.0 Å². The van der Waals surface area contributed by atoms with Gasteiger partial charge in [-0.25, -0.2) is 4.98 Å². The Hall–Kier alpha value is -6.05. The molecule has 0 N–H and O–H groups in total. The summed E-state index contributed by atoms with van der Waals surface area (Å²) in [6.45, 7) is 22.4. The number of rotatable bonds is 7. The van der Waals surface area contributed by atoms with Crippen molar-refractivity contribution in [1.29, 1.82) is 0 Å². The first-order valence-corrected chi connectivity index (χ1v) is 27.8. The number of furan rings is 1. The predicted molar refractivity (Wildman–Crippen MR) is 286 cm³/mol. The van der Waals surface area contributed by atoms with Crippen molar-refractivity contribution >= 4 is 57.3 Å². The largest absolute Gasteiger partial charge is 0.486 e. The fraction of sp³-hybridized carbons (Fsp3) is 0.279. The van der Waals surface area contributed by atoms with E-state index < -0.39 is 8.07 Å². The summed E-state index contributed by atoms with van der Waals surface area (Å²) in [4.78, 5) is 19.9. The van der Waals surface area contributed by atoms with Crippen LogP contribution in [0.25, 0.3) is 83.6 Å². The molecule has 0 atom stereocenters. The number of imidazole rings is 1. The average molecular weight is 1100 g/mol. The Morgan fingerprint density at radius 3 is 2.14 bits per heavy atom. The summed E-state index contributed by atoms with van der Waals surface area (Å²) in [5, 5.41) is 4.61. The minimum Gasteiger partial charge on any atom is -0.486 e. The molecule has 5 aromatic heterocycles. The van der Waals surface area contributed by atoms with Crippen molar-refractivity contribution in [3.8, 4) is 39.6 Å². The first-order chi connectivity index (χ1) is 32.6. The maximum absolute atomic E-state index is 6.71. The third kappa shape index (κ3) is 9.39. The Balaban J connectivity index is 0.000000217. The molecule has 10 aromatic rings. The second-order valence-electron chi connectivity index (χ2n) is 21.1. The standard InChI is InChI=1S/C41H35N4O.C20H26NSi.Ir/c1-23-9-8-10-24(2)35(23)33-20-19-30-36-25(3)11-17-31(38(36)46-40(30)44-33)39-43-34-22-21-32-29(18-12-26(4)42-32)37(34)45(39)28-15-13-27(14-16-28)41(5,6)7;1-22(2,3)20-15-21-19(17-11-5-4-6-12-17)14-18(20)13-16-9-7-8-10-16;/h8-16,18-22H,1-7H3;4-6,11,14-16H,7-10,13H2,1-3H3;/q2*-1;. The number of aryl methyl sites for hydroxylation is 4. The van der Waals surface area contributed by atoms with E-state index in [4.69, 9.17) is 24.4 Å². The van der Waals surface area contributed by atoms with Gasteiger partial charge in [-0.05, 0) is 115 Å². The topological polar surface area (TPSA) is 69.6 Å². The zero-order chi connectivity index (χ0) is 47.5. The molecule has 5 heterocycles. The molecule has 1 fully saturated rings. The van der Waals surface area contributed by atoms with E-state index in [9.17, 15) is 0 Å². The molecule has 0 unspecified atom stereocenters. The Kier molecular flexibility index (Phi) is 13.2. The third-order valence-electron chi connectivity index (χ3n) is 14.0. The molecular weight excluding hydrogens is 1040 g/mol. The Morgan fingerprint density at radius 1 is 0.725 bits per heavy atom. The van der Waals surface area contributed by atoms with Crippen molar-refractivity contribution in [3.05, 3.63) is 167 Å². The van der Waals surface area contributed by atoms with Crippen molar-refractivity contribution in [1.82, 2.24) is 24.5 Å². The van der Waals surface area contributed by atoms with E-state index in [1.807, 2.05) is 25.1 Å². The third-order valence-corrected chi connectivity index (χ3v) is 16.0. The van der Waals surface area contributed by atoms with E-state index in [1.54, 1.807) is 10.8 Å². The second kappa shape index (κ2) is 19.0. The molecule has 0 aliphatic heterocycles. The Bertz CT molecular complexity index is 3480. The van der Waals surface area contributed by atoms with Gasteiger partial charge in [-0.2, -0.15) is 0 Å². The van der Waals surface area contributed by atoms with Crippen molar-refractivity contribution < 1.29 is 24.5 Å². The maximum Gasteiger partial charge on any atom is 0.216 e. The van der Waals surface area contributed by atoms with Crippen LogP contribution in [0.5, 0.6) is 0 Å². The zero-order valence-corrected chi connectivity index (χ0v) is 45.0. The Labute approximate surface area is 422 Å². The molecule has 1 saturated carbocycles.